The van der Waals surface area contributed by atoms with Crippen LogP contribution in [0, 0.1) is 6.92 Å². The van der Waals surface area contributed by atoms with Crippen LogP contribution in [0.2, 0.25) is 5.02 Å². The van der Waals surface area contributed by atoms with Gasteiger partial charge in [-0.15, -0.1) is 0 Å². The Bertz CT molecular complexity index is 1100. The topological polar surface area (TPSA) is 60.4 Å². The highest BCUT2D eigenvalue weighted by atomic mass is 35.5. The molecule has 0 aliphatic rings. The number of sulfone groups is 1. The first kappa shape index (κ1) is 21.1. The lowest BCUT2D eigenvalue weighted by Crippen LogP contribution is -2.18. The van der Waals surface area contributed by atoms with Crippen molar-refractivity contribution in [1.82, 2.24) is 0 Å². The fourth-order valence-electron chi connectivity index (χ4n) is 3.06. The molecule has 0 unspecified atom stereocenters. The van der Waals surface area contributed by atoms with E-state index in [2.05, 4.69) is 0 Å². The van der Waals surface area contributed by atoms with Gasteiger partial charge in [0.1, 0.15) is 5.75 Å². The summed E-state index contributed by atoms with van der Waals surface area (Å²) < 4.78 is 32.0. The first-order chi connectivity index (χ1) is 13.8. The van der Waals surface area contributed by atoms with Gasteiger partial charge in [0.15, 0.2) is 15.6 Å². The lowest BCUT2D eigenvalue weighted by Gasteiger charge is -2.18. The van der Waals surface area contributed by atoms with Gasteiger partial charge in [0.25, 0.3) is 0 Å². The monoisotopic (exact) mass is 428 g/mol. The first-order valence-corrected chi connectivity index (χ1v) is 11.0. The minimum absolute atomic E-state index is 0.182. The molecule has 0 saturated carbocycles. The fraction of sp³-hybridized carbons (Fsp3) is 0.174. The molecule has 0 N–H and O–H groups in total. The van der Waals surface area contributed by atoms with Crippen LogP contribution in [0.15, 0.2) is 77.7 Å². The van der Waals surface area contributed by atoms with Crippen LogP contribution in [0.25, 0.3) is 0 Å². The minimum Gasteiger partial charge on any atom is -0.497 e. The third kappa shape index (κ3) is 4.86. The number of hydrogen-bond donors (Lipinski definition) is 0. The third-order valence-corrected chi connectivity index (χ3v) is 7.10. The highest BCUT2D eigenvalue weighted by molar-refractivity contribution is 7.91. The molecule has 3 aromatic rings. The van der Waals surface area contributed by atoms with Crippen molar-refractivity contribution in [2.45, 2.75) is 23.5 Å². The van der Waals surface area contributed by atoms with Crippen molar-refractivity contribution in [2.75, 3.05) is 7.11 Å². The Morgan fingerprint density at radius 1 is 1.00 bits per heavy atom. The number of hydrogen-bond acceptors (Lipinski definition) is 4. The van der Waals surface area contributed by atoms with Gasteiger partial charge in [-0.25, -0.2) is 8.42 Å². The molecule has 0 amide bonds. The zero-order chi connectivity index (χ0) is 21.0. The van der Waals surface area contributed by atoms with Crippen molar-refractivity contribution in [3.8, 4) is 5.75 Å². The third-order valence-electron chi connectivity index (χ3n) is 4.73. The second kappa shape index (κ2) is 8.80. The average molecular weight is 429 g/mol. The molecule has 3 rings (SSSR count). The second-order valence-corrected chi connectivity index (χ2v) is 9.32. The summed E-state index contributed by atoms with van der Waals surface area (Å²) in [6.45, 7) is 1.89. The normalized spacial score (nSPS) is 12.4. The molecule has 0 saturated heterocycles. The molecule has 150 valence electrons. The molecule has 0 aliphatic heterocycles. The molecule has 0 radical (unpaired) electrons. The van der Waals surface area contributed by atoms with E-state index in [9.17, 15) is 13.2 Å². The van der Waals surface area contributed by atoms with Gasteiger partial charge >= 0.3 is 0 Å². The summed E-state index contributed by atoms with van der Waals surface area (Å²) in [5, 5.41) is -0.527. The Morgan fingerprint density at radius 2 is 1.66 bits per heavy atom. The van der Waals surface area contributed by atoms with Crippen molar-refractivity contribution in [1.29, 1.82) is 0 Å². The molecule has 0 spiro atoms. The van der Waals surface area contributed by atoms with E-state index in [1.807, 2.05) is 6.92 Å². The van der Waals surface area contributed by atoms with Crippen LogP contribution in [-0.2, 0) is 9.84 Å². The van der Waals surface area contributed by atoms with Crippen molar-refractivity contribution in [2.24, 2.45) is 0 Å². The van der Waals surface area contributed by atoms with Gasteiger partial charge in [0.05, 0.1) is 17.3 Å². The maximum Gasteiger partial charge on any atom is 0.185 e. The number of ketones is 1. The molecule has 4 nitrogen and oxygen atoms in total. The Labute approximate surface area is 176 Å². The van der Waals surface area contributed by atoms with Crippen LogP contribution >= 0.6 is 11.6 Å². The lowest BCUT2D eigenvalue weighted by atomic mass is 10.0. The summed E-state index contributed by atoms with van der Waals surface area (Å²) in [5.74, 6) is 0.264. The number of Topliss-reactive ketones (excluding diaryl/α,β-unsaturated/α-hetero) is 1. The van der Waals surface area contributed by atoms with E-state index in [-0.39, 0.29) is 17.1 Å². The average Bonchev–Trinajstić information content (AvgIpc) is 2.73. The smallest absolute Gasteiger partial charge is 0.185 e. The van der Waals surface area contributed by atoms with Crippen molar-refractivity contribution in [3.63, 3.8) is 0 Å². The zero-order valence-corrected chi connectivity index (χ0v) is 17.7. The number of ether oxygens (including phenoxy) is 1. The second-order valence-electron chi connectivity index (χ2n) is 6.76. The Hall–Kier alpha value is -2.63. The van der Waals surface area contributed by atoms with E-state index in [1.165, 1.54) is 7.11 Å². The van der Waals surface area contributed by atoms with E-state index in [0.29, 0.717) is 21.9 Å². The first-order valence-electron chi connectivity index (χ1n) is 9.04. The van der Waals surface area contributed by atoms with Gasteiger partial charge in [0, 0.05) is 17.0 Å². The van der Waals surface area contributed by atoms with E-state index >= 15 is 0 Å². The largest absolute Gasteiger partial charge is 0.497 e. The van der Waals surface area contributed by atoms with Gasteiger partial charge in [-0.05, 0) is 48.9 Å². The molecule has 6 heteroatoms. The molecule has 0 fully saturated rings. The molecule has 0 heterocycles. The maximum atomic E-state index is 13.4. The Morgan fingerprint density at radius 3 is 2.28 bits per heavy atom. The lowest BCUT2D eigenvalue weighted by molar-refractivity contribution is 0.0980. The number of aryl methyl sites for hydroxylation is 1. The van der Waals surface area contributed by atoms with Crippen LogP contribution in [0.3, 0.4) is 0 Å². The molecule has 0 bridgehead atoms. The van der Waals surface area contributed by atoms with E-state index in [4.69, 9.17) is 16.3 Å². The molecule has 0 aromatic heterocycles. The van der Waals surface area contributed by atoms with Gasteiger partial charge in [0.2, 0.25) is 0 Å². The van der Waals surface area contributed by atoms with Crippen LogP contribution in [-0.4, -0.2) is 21.3 Å². The van der Waals surface area contributed by atoms with Gasteiger partial charge < -0.3 is 4.74 Å². The molecular weight excluding hydrogens is 408 g/mol. The number of halogens is 1. The quantitative estimate of drug-likeness (QED) is 0.470. The summed E-state index contributed by atoms with van der Waals surface area (Å²) in [5.41, 5.74) is 1.88. The predicted molar refractivity (Wildman–Crippen MR) is 114 cm³/mol. The molecular formula is C23H21ClO4S. The molecule has 3 aromatic carbocycles. The van der Waals surface area contributed by atoms with Gasteiger partial charge in [-0.1, -0.05) is 53.6 Å². The van der Waals surface area contributed by atoms with Crippen LogP contribution < -0.4 is 4.74 Å². The van der Waals surface area contributed by atoms with Crippen LogP contribution in [0.5, 0.6) is 5.75 Å². The number of rotatable bonds is 7. The van der Waals surface area contributed by atoms with Crippen molar-refractivity contribution >= 4 is 27.2 Å². The van der Waals surface area contributed by atoms with Gasteiger partial charge in [-0.3, -0.25) is 4.79 Å². The van der Waals surface area contributed by atoms with E-state index in [1.54, 1.807) is 72.8 Å². The summed E-state index contributed by atoms with van der Waals surface area (Å²) >= 11 is 5.97. The summed E-state index contributed by atoms with van der Waals surface area (Å²) in [6.07, 6.45) is -0.189. The Kier molecular flexibility index (Phi) is 6.40. The highest BCUT2D eigenvalue weighted by Gasteiger charge is 2.31. The Balaban J connectivity index is 2.02. The van der Waals surface area contributed by atoms with Crippen molar-refractivity contribution in [3.05, 3.63) is 94.5 Å². The predicted octanol–water partition coefficient (Wildman–Crippen LogP) is 5.45. The van der Waals surface area contributed by atoms with Crippen LogP contribution in [0.4, 0.5) is 0 Å². The molecule has 29 heavy (non-hydrogen) atoms. The molecule has 0 aliphatic carbocycles. The van der Waals surface area contributed by atoms with Gasteiger partial charge in [-0.2, -0.15) is 0 Å². The zero-order valence-electron chi connectivity index (χ0n) is 16.1. The summed E-state index contributed by atoms with van der Waals surface area (Å²) in [6, 6.07) is 19.9. The number of benzene rings is 3. The standard InChI is InChI=1S/C23H21ClO4S/c1-16-6-12-21(13-7-16)29(26,27)23(17-8-10-19(24)11-9-17)15-22(25)18-4-3-5-20(14-18)28-2/h3-14,23H,15H2,1-2H3/t23-/m0/s1. The van der Waals surface area contributed by atoms with E-state index < -0.39 is 15.1 Å². The summed E-state index contributed by atoms with van der Waals surface area (Å²) in [7, 11) is -2.28. The minimum atomic E-state index is -3.80. The van der Waals surface area contributed by atoms with Crippen molar-refractivity contribution < 1.29 is 17.9 Å². The number of methoxy groups -OCH3 is 1. The van der Waals surface area contributed by atoms with E-state index in [0.717, 1.165) is 5.56 Å². The SMILES string of the molecule is COc1cccc(C(=O)C[C@@H](c2ccc(Cl)cc2)S(=O)(=O)c2ccc(C)cc2)c1. The molecule has 1 atom stereocenters. The fourth-order valence-corrected chi connectivity index (χ4v) is 4.92. The number of carbonyl (C=O) groups is 1. The maximum absolute atomic E-state index is 13.4. The highest BCUT2D eigenvalue weighted by Crippen LogP contribution is 2.34. The summed E-state index contributed by atoms with van der Waals surface area (Å²) in [4.78, 5) is 13.1. The number of carbonyl (C=O) groups excluding carboxylic acids is 1. The van der Waals surface area contributed by atoms with Crippen LogP contribution in [0.1, 0.15) is 33.2 Å².